The second kappa shape index (κ2) is 3.02. The maximum absolute atomic E-state index is 8.57. The quantitative estimate of drug-likeness (QED) is 0.271. The molecule has 2 rings (SSSR count). The van der Waals surface area contributed by atoms with E-state index in [4.69, 9.17) is 10.9 Å². The Balaban J connectivity index is 2.74. The first-order chi connectivity index (χ1) is 6.74. The molecule has 0 radical (unpaired) electrons. The Labute approximate surface area is 80.3 Å². The van der Waals surface area contributed by atoms with Crippen molar-refractivity contribution in [1.82, 2.24) is 9.97 Å². The number of nitrogens with one attached hydrogen (secondary N) is 1. The van der Waals surface area contributed by atoms with Crippen molar-refractivity contribution in [2.75, 3.05) is 0 Å². The number of fused-ring (bicyclic) bond motifs is 1. The van der Waals surface area contributed by atoms with Crippen LogP contribution in [0, 0.1) is 6.92 Å². The lowest BCUT2D eigenvalue weighted by Gasteiger charge is -2.03. The Kier molecular flexibility index (Phi) is 1.85. The molecule has 0 bridgehead atoms. The van der Waals surface area contributed by atoms with Crippen LogP contribution in [0.25, 0.3) is 11.0 Å². The average molecular weight is 190 g/mol. The van der Waals surface area contributed by atoms with Gasteiger partial charge in [0, 0.05) is 5.56 Å². The van der Waals surface area contributed by atoms with Gasteiger partial charge in [0.05, 0.1) is 17.4 Å². The molecule has 1 aromatic heterocycles. The molecule has 0 amide bonds. The number of benzene rings is 1. The van der Waals surface area contributed by atoms with Crippen molar-refractivity contribution in [3.05, 3.63) is 29.6 Å². The summed E-state index contributed by atoms with van der Waals surface area (Å²) in [5, 5.41) is 11.5. The van der Waals surface area contributed by atoms with Crippen molar-refractivity contribution in [3.63, 3.8) is 0 Å². The first-order valence-electron chi connectivity index (χ1n) is 4.14. The lowest BCUT2D eigenvalue weighted by atomic mass is 10.1. The zero-order valence-electron chi connectivity index (χ0n) is 7.65. The third-order valence-electron chi connectivity index (χ3n) is 2.24. The van der Waals surface area contributed by atoms with Gasteiger partial charge in [-0.3, -0.25) is 0 Å². The fraction of sp³-hybridized carbons (Fsp3) is 0.111. The van der Waals surface area contributed by atoms with Gasteiger partial charge in [-0.2, -0.15) is 0 Å². The number of H-pyrrole nitrogens is 1. The van der Waals surface area contributed by atoms with Crippen molar-refractivity contribution in [2.24, 2.45) is 10.9 Å². The highest BCUT2D eigenvalue weighted by Crippen LogP contribution is 2.17. The molecule has 2 aromatic rings. The van der Waals surface area contributed by atoms with E-state index >= 15 is 0 Å². The van der Waals surface area contributed by atoms with Crippen LogP contribution in [0.5, 0.6) is 0 Å². The fourth-order valence-electron chi connectivity index (χ4n) is 1.48. The molecule has 5 heteroatoms. The van der Waals surface area contributed by atoms with Crippen LogP contribution in [-0.4, -0.2) is 21.0 Å². The lowest BCUT2D eigenvalue weighted by Crippen LogP contribution is -2.14. The third kappa shape index (κ3) is 1.10. The van der Waals surface area contributed by atoms with Crippen molar-refractivity contribution >= 4 is 16.9 Å². The van der Waals surface area contributed by atoms with Gasteiger partial charge in [-0.05, 0) is 24.6 Å². The van der Waals surface area contributed by atoms with Crippen molar-refractivity contribution in [1.29, 1.82) is 0 Å². The first kappa shape index (κ1) is 8.55. The van der Waals surface area contributed by atoms with Crippen LogP contribution in [0.2, 0.25) is 0 Å². The maximum Gasteiger partial charge on any atom is 0.170 e. The van der Waals surface area contributed by atoms with Crippen LogP contribution in [0.1, 0.15) is 11.1 Å². The minimum Gasteiger partial charge on any atom is -0.409 e. The van der Waals surface area contributed by atoms with Gasteiger partial charge in [-0.15, -0.1) is 0 Å². The zero-order chi connectivity index (χ0) is 10.1. The molecule has 14 heavy (non-hydrogen) atoms. The van der Waals surface area contributed by atoms with Crippen molar-refractivity contribution in [2.45, 2.75) is 6.92 Å². The number of amidine groups is 1. The van der Waals surface area contributed by atoms with E-state index in [1.807, 2.05) is 13.0 Å². The number of hydrogen-bond donors (Lipinski definition) is 3. The van der Waals surface area contributed by atoms with E-state index in [1.54, 1.807) is 12.4 Å². The van der Waals surface area contributed by atoms with Crippen molar-refractivity contribution in [3.8, 4) is 0 Å². The predicted molar refractivity (Wildman–Crippen MR) is 53.3 cm³/mol. The van der Waals surface area contributed by atoms with Gasteiger partial charge in [0.25, 0.3) is 0 Å². The molecule has 0 unspecified atom stereocenters. The summed E-state index contributed by atoms with van der Waals surface area (Å²) in [6.45, 7) is 1.90. The van der Waals surface area contributed by atoms with Crippen LogP contribution in [-0.2, 0) is 0 Å². The standard InChI is InChI=1S/C9H10N4O/c1-5-6(9(10)13-14)2-3-7-8(5)12-4-11-7/h2-4,14H,1H3,(H2,10,13)(H,11,12). The summed E-state index contributed by atoms with van der Waals surface area (Å²) in [5.41, 5.74) is 8.94. The summed E-state index contributed by atoms with van der Waals surface area (Å²) in [5.74, 6) is 0.110. The highest BCUT2D eigenvalue weighted by Gasteiger charge is 2.08. The molecular weight excluding hydrogens is 180 g/mol. The normalized spacial score (nSPS) is 12.2. The number of aryl methyl sites for hydroxylation is 1. The van der Waals surface area contributed by atoms with Gasteiger partial charge in [-0.25, -0.2) is 4.98 Å². The molecule has 0 aliphatic carbocycles. The number of rotatable bonds is 1. The summed E-state index contributed by atoms with van der Waals surface area (Å²) < 4.78 is 0. The van der Waals surface area contributed by atoms with Crippen molar-refractivity contribution < 1.29 is 5.21 Å². The van der Waals surface area contributed by atoms with E-state index in [0.717, 1.165) is 16.6 Å². The summed E-state index contributed by atoms with van der Waals surface area (Å²) >= 11 is 0. The predicted octanol–water partition coefficient (Wildman–Crippen LogP) is 0.966. The topological polar surface area (TPSA) is 87.3 Å². The molecule has 0 spiro atoms. The minimum atomic E-state index is 0.110. The minimum absolute atomic E-state index is 0.110. The number of nitrogens with two attached hydrogens (primary N) is 1. The molecule has 1 heterocycles. The Morgan fingerprint density at radius 1 is 1.57 bits per heavy atom. The monoisotopic (exact) mass is 190 g/mol. The highest BCUT2D eigenvalue weighted by molar-refractivity contribution is 6.01. The Morgan fingerprint density at radius 2 is 2.36 bits per heavy atom. The maximum atomic E-state index is 8.57. The van der Waals surface area contributed by atoms with Gasteiger partial charge in [0.2, 0.25) is 0 Å². The Hall–Kier alpha value is -2.04. The number of imidazole rings is 1. The van der Waals surface area contributed by atoms with E-state index < -0.39 is 0 Å². The largest absolute Gasteiger partial charge is 0.409 e. The fourth-order valence-corrected chi connectivity index (χ4v) is 1.48. The molecular formula is C9H10N4O. The van der Waals surface area contributed by atoms with Crippen LogP contribution in [0.4, 0.5) is 0 Å². The number of hydrogen-bond acceptors (Lipinski definition) is 3. The Morgan fingerprint density at radius 3 is 3.07 bits per heavy atom. The summed E-state index contributed by atoms with van der Waals surface area (Å²) in [7, 11) is 0. The first-order valence-corrected chi connectivity index (χ1v) is 4.14. The summed E-state index contributed by atoms with van der Waals surface area (Å²) in [6, 6.07) is 3.61. The van der Waals surface area contributed by atoms with E-state index in [1.165, 1.54) is 0 Å². The highest BCUT2D eigenvalue weighted by atomic mass is 16.4. The Bertz CT molecular complexity index is 500. The lowest BCUT2D eigenvalue weighted by molar-refractivity contribution is 0.318. The molecule has 4 N–H and O–H groups in total. The molecule has 0 fully saturated rings. The number of nitrogens with zero attached hydrogens (tertiary/aromatic N) is 2. The van der Waals surface area contributed by atoms with Gasteiger partial charge < -0.3 is 15.9 Å². The van der Waals surface area contributed by atoms with E-state index in [2.05, 4.69) is 15.1 Å². The molecule has 0 saturated heterocycles. The molecule has 0 atom stereocenters. The van der Waals surface area contributed by atoms with E-state index in [-0.39, 0.29) is 5.84 Å². The van der Waals surface area contributed by atoms with Gasteiger partial charge >= 0.3 is 0 Å². The van der Waals surface area contributed by atoms with E-state index in [9.17, 15) is 0 Å². The third-order valence-corrected chi connectivity index (χ3v) is 2.24. The number of aromatic amines is 1. The molecule has 5 nitrogen and oxygen atoms in total. The second-order valence-electron chi connectivity index (χ2n) is 3.02. The summed E-state index contributed by atoms with van der Waals surface area (Å²) in [6.07, 6.45) is 1.62. The SMILES string of the molecule is Cc1c(/C(N)=N/O)ccc2nc[nH]c12. The second-order valence-corrected chi connectivity index (χ2v) is 3.02. The summed E-state index contributed by atoms with van der Waals surface area (Å²) in [4.78, 5) is 7.11. The van der Waals surface area contributed by atoms with Gasteiger partial charge in [0.15, 0.2) is 5.84 Å². The molecule has 0 saturated carbocycles. The smallest absolute Gasteiger partial charge is 0.170 e. The number of aromatic nitrogens is 2. The average Bonchev–Trinajstić information content (AvgIpc) is 2.66. The molecule has 72 valence electrons. The molecule has 0 aliphatic rings. The van der Waals surface area contributed by atoms with E-state index in [0.29, 0.717) is 5.56 Å². The van der Waals surface area contributed by atoms with Crippen LogP contribution < -0.4 is 5.73 Å². The van der Waals surface area contributed by atoms with Crippen LogP contribution >= 0.6 is 0 Å². The van der Waals surface area contributed by atoms with Crippen LogP contribution in [0.15, 0.2) is 23.6 Å². The van der Waals surface area contributed by atoms with Gasteiger partial charge in [-0.1, -0.05) is 5.16 Å². The molecule has 1 aromatic carbocycles. The van der Waals surface area contributed by atoms with Crippen LogP contribution in [0.3, 0.4) is 0 Å². The zero-order valence-corrected chi connectivity index (χ0v) is 7.65. The number of oxime groups is 1. The van der Waals surface area contributed by atoms with Gasteiger partial charge in [0.1, 0.15) is 0 Å². The molecule has 0 aliphatic heterocycles.